The zero-order valence-corrected chi connectivity index (χ0v) is 12.8. The minimum absolute atomic E-state index is 0.209. The van der Waals surface area contributed by atoms with Crippen LogP contribution in [0.1, 0.15) is 38.8 Å². The Labute approximate surface area is 119 Å². The smallest absolute Gasteiger partial charge is 0.128 e. The van der Waals surface area contributed by atoms with Crippen LogP contribution in [0.4, 0.5) is 5.82 Å². The summed E-state index contributed by atoms with van der Waals surface area (Å²) in [6.07, 6.45) is 2.76. The van der Waals surface area contributed by atoms with Gasteiger partial charge in [-0.3, -0.25) is 0 Å². The lowest BCUT2D eigenvalue weighted by Crippen LogP contribution is -2.25. The molecule has 3 nitrogen and oxygen atoms in total. The van der Waals surface area contributed by atoms with Crippen LogP contribution in [0.2, 0.25) is 5.02 Å². The molecule has 0 aliphatic rings. The predicted octanol–water partition coefficient (Wildman–Crippen LogP) is 3.50. The second-order valence-corrected chi connectivity index (χ2v) is 6.20. The second kappa shape index (κ2) is 7.87. The zero-order chi connectivity index (χ0) is 13.5. The third-order valence-electron chi connectivity index (χ3n) is 2.86. The van der Waals surface area contributed by atoms with E-state index in [1.54, 1.807) is 6.20 Å². The fourth-order valence-electron chi connectivity index (χ4n) is 1.63. The van der Waals surface area contributed by atoms with Crippen LogP contribution in [0.25, 0.3) is 0 Å². The van der Waals surface area contributed by atoms with Gasteiger partial charge in [-0.15, -0.1) is 0 Å². The molecule has 0 aliphatic carbocycles. The van der Waals surface area contributed by atoms with E-state index in [1.807, 2.05) is 17.8 Å². The summed E-state index contributed by atoms with van der Waals surface area (Å²) in [4.78, 5) is 4.13. The summed E-state index contributed by atoms with van der Waals surface area (Å²) in [6, 6.07) is 2.12. The van der Waals surface area contributed by atoms with Gasteiger partial charge in [0.1, 0.15) is 5.82 Å². The number of nitrogens with zero attached hydrogens (tertiary/aromatic N) is 1. The van der Waals surface area contributed by atoms with Crippen molar-refractivity contribution in [2.24, 2.45) is 0 Å². The van der Waals surface area contributed by atoms with E-state index in [4.69, 9.17) is 17.3 Å². The third-order valence-corrected chi connectivity index (χ3v) is 4.50. The highest BCUT2D eigenvalue weighted by Gasteiger charge is 2.16. The molecule has 2 atom stereocenters. The zero-order valence-electron chi connectivity index (χ0n) is 11.2. The summed E-state index contributed by atoms with van der Waals surface area (Å²) in [6.45, 7) is 7.44. The monoisotopic (exact) mass is 287 g/mol. The van der Waals surface area contributed by atoms with Crippen LogP contribution >= 0.6 is 23.4 Å². The van der Waals surface area contributed by atoms with Crippen LogP contribution in [0.15, 0.2) is 12.3 Å². The Bertz CT molecular complexity index is 373. The van der Waals surface area contributed by atoms with Crippen molar-refractivity contribution in [3.05, 3.63) is 22.8 Å². The van der Waals surface area contributed by atoms with Crippen molar-refractivity contribution in [1.82, 2.24) is 10.3 Å². The minimum Gasteiger partial charge on any atom is -0.383 e. The van der Waals surface area contributed by atoms with Gasteiger partial charge in [0, 0.05) is 28.8 Å². The lowest BCUT2D eigenvalue weighted by atomic mass is 10.1. The first-order valence-corrected chi connectivity index (χ1v) is 7.77. The number of aromatic nitrogens is 1. The number of anilines is 1. The van der Waals surface area contributed by atoms with Crippen molar-refractivity contribution in [3.8, 4) is 0 Å². The first kappa shape index (κ1) is 15.6. The Kier molecular flexibility index (Phi) is 6.82. The Morgan fingerprint density at radius 2 is 2.22 bits per heavy atom. The molecular formula is C13H22ClN3S. The number of rotatable bonds is 7. The van der Waals surface area contributed by atoms with Crippen LogP contribution in [0.5, 0.6) is 0 Å². The lowest BCUT2D eigenvalue weighted by molar-refractivity contribution is 0.605. The molecule has 1 aromatic rings. The molecule has 102 valence electrons. The molecule has 0 aliphatic heterocycles. The molecule has 0 aromatic carbocycles. The first-order chi connectivity index (χ1) is 8.58. The fourth-order valence-corrected chi connectivity index (χ4v) is 2.85. The van der Waals surface area contributed by atoms with Crippen LogP contribution in [-0.4, -0.2) is 22.5 Å². The van der Waals surface area contributed by atoms with Crippen molar-refractivity contribution < 1.29 is 0 Å². The average Bonchev–Trinajstić information content (AvgIpc) is 2.37. The van der Waals surface area contributed by atoms with E-state index in [0.29, 0.717) is 16.1 Å². The fraction of sp³-hybridized carbons (Fsp3) is 0.615. The maximum absolute atomic E-state index is 6.00. The molecule has 0 saturated heterocycles. The van der Waals surface area contributed by atoms with Crippen molar-refractivity contribution in [2.45, 2.75) is 38.5 Å². The highest BCUT2D eigenvalue weighted by molar-refractivity contribution is 7.99. The van der Waals surface area contributed by atoms with E-state index in [-0.39, 0.29) is 6.04 Å². The number of nitrogen functional groups attached to an aromatic ring is 1. The van der Waals surface area contributed by atoms with Gasteiger partial charge in [0.2, 0.25) is 0 Å². The highest BCUT2D eigenvalue weighted by atomic mass is 35.5. The van der Waals surface area contributed by atoms with Crippen LogP contribution < -0.4 is 11.1 Å². The van der Waals surface area contributed by atoms with Crippen molar-refractivity contribution >= 4 is 29.2 Å². The number of thioether (sulfide) groups is 1. The van der Waals surface area contributed by atoms with Gasteiger partial charge in [0.05, 0.1) is 5.02 Å². The molecule has 0 radical (unpaired) electrons. The van der Waals surface area contributed by atoms with Gasteiger partial charge in [-0.05, 0) is 19.0 Å². The Hall–Kier alpha value is -0.450. The van der Waals surface area contributed by atoms with E-state index < -0.39 is 0 Å². The average molecular weight is 288 g/mol. The van der Waals surface area contributed by atoms with Gasteiger partial charge in [-0.25, -0.2) is 4.98 Å². The van der Waals surface area contributed by atoms with Crippen LogP contribution in [-0.2, 0) is 0 Å². The van der Waals surface area contributed by atoms with E-state index in [9.17, 15) is 0 Å². The molecule has 1 heterocycles. The summed E-state index contributed by atoms with van der Waals surface area (Å²) in [5.74, 6) is 1.55. The molecule has 0 saturated carbocycles. The van der Waals surface area contributed by atoms with Gasteiger partial charge >= 0.3 is 0 Å². The highest BCUT2D eigenvalue weighted by Crippen LogP contribution is 2.27. The largest absolute Gasteiger partial charge is 0.383 e. The van der Waals surface area contributed by atoms with Gasteiger partial charge in [-0.1, -0.05) is 32.4 Å². The normalized spacial score (nSPS) is 14.4. The summed E-state index contributed by atoms with van der Waals surface area (Å²) < 4.78 is 0. The second-order valence-electron chi connectivity index (χ2n) is 4.29. The molecule has 5 heteroatoms. The molecule has 0 amide bonds. The number of hydrogen-bond acceptors (Lipinski definition) is 4. The van der Waals surface area contributed by atoms with Gasteiger partial charge in [0.15, 0.2) is 0 Å². The van der Waals surface area contributed by atoms with Crippen molar-refractivity contribution in [2.75, 3.05) is 18.0 Å². The number of pyridine rings is 1. The molecule has 2 unspecified atom stereocenters. The van der Waals surface area contributed by atoms with Crippen LogP contribution in [0.3, 0.4) is 0 Å². The van der Waals surface area contributed by atoms with E-state index in [0.717, 1.165) is 17.9 Å². The number of nitrogens with two attached hydrogens (primary N) is 1. The summed E-state index contributed by atoms with van der Waals surface area (Å²) in [5.41, 5.74) is 6.94. The number of halogens is 1. The predicted molar refractivity (Wildman–Crippen MR) is 82.3 cm³/mol. The number of hydrogen-bond donors (Lipinski definition) is 2. The summed E-state index contributed by atoms with van der Waals surface area (Å²) in [5, 5.41) is 4.73. The molecular weight excluding hydrogens is 266 g/mol. The Morgan fingerprint density at radius 3 is 2.83 bits per heavy atom. The van der Waals surface area contributed by atoms with Crippen LogP contribution in [0, 0.1) is 0 Å². The maximum atomic E-state index is 6.00. The minimum atomic E-state index is 0.209. The quantitative estimate of drug-likeness (QED) is 0.806. The standard InChI is InChI=1S/C13H22ClN3S/c1-4-9(3)18-8-12(16-5-2)11-6-10(14)7-17-13(11)15/h6-7,9,12,16H,4-5,8H2,1-3H3,(H2,15,17). The summed E-state index contributed by atoms with van der Waals surface area (Å²) in [7, 11) is 0. The van der Waals surface area contributed by atoms with E-state index in [2.05, 4.69) is 31.1 Å². The Balaban J connectivity index is 2.79. The SMILES string of the molecule is CCNC(CSC(C)CC)c1cc(Cl)cnc1N. The van der Waals surface area contributed by atoms with E-state index >= 15 is 0 Å². The van der Waals surface area contributed by atoms with Gasteiger partial charge in [-0.2, -0.15) is 11.8 Å². The molecule has 1 rings (SSSR count). The van der Waals surface area contributed by atoms with Crippen molar-refractivity contribution in [3.63, 3.8) is 0 Å². The third kappa shape index (κ3) is 4.67. The first-order valence-electron chi connectivity index (χ1n) is 6.34. The van der Waals surface area contributed by atoms with Gasteiger partial charge in [0.25, 0.3) is 0 Å². The molecule has 0 fully saturated rings. The lowest BCUT2D eigenvalue weighted by Gasteiger charge is -2.21. The van der Waals surface area contributed by atoms with Crippen molar-refractivity contribution in [1.29, 1.82) is 0 Å². The topological polar surface area (TPSA) is 50.9 Å². The molecule has 3 N–H and O–H groups in total. The van der Waals surface area contributed by atoms with E-state index in [1.165, 1.54) is 6.42 Å². The summed E-state index contributed by atoms with van der Waals surface area (Å²) >= 11 is 7.94. The molecule has 0 bridgehead atoms. The maximum Gasteiger partial charge on any atom is 0.128 e. The van der Waals surface area contributed by atoms with Gasteiger partial charge < -0.3 is 11.1 Å². The molecule has 18 heavy (non-hydrogen) atoms. The molecule has 0 spiro atoms. The molecule has 1 aromatic heterocycles. The number of nitrogens with one attached hydrogen (secondary N) is 1. The Morgan fingerprint density at radius 1 is 1.50 bits per heavy atom.